The van der Waals surface area contributed by atoms with Crippen molar-refractivity contribution in [3.8, 4) is 0 Å². The average molecular weight is 447 g/mol. The normalized spacial score (nSPS) is 17.9. The molecule has 1 aliphatic heterocycles. The fourth-order valence-electron chi connectivity index (χ4n) is 4.16. The number of benzene rings is 1. The molecule has 0 aliphatic carbocycles. The summed E-state index contributed by atoms with van der Waals surface area (Å²) in [5, 5.41) is 11.4. The number of nitrogens with zero attached hydrogens (tertiary/aromatic N) is 4. The zero-order chi connectivity index (χ0) is 22.3. The number of thiazole rings is 1. The van der Waals surface area contributed by atoms with Crippen LogP contribution in [0.25, 0.3) is 15.7 Å². The maximum atomic E-state index is 15.8. The van der Waals surface area contributed by atoms with Gasteiger partial charge in [-0.05, 0) is 13.1 Å². The summed E-state index contributed by atoms with van der Waals surface area (Å²) < 4.78 is 22.7. The van der Waals surface area contributed by atoms with Gasteiger partial charge in [-0.2, -0.15) is 0 Å². The van der Waals surface area contributed by atoms with E-state index in [-0.39, 0.29) is 22.6 Å². The Labute approximate surface area is 181 Å². The number of methoxy groups -OCH3 is 1. The summed E-state index contributed by atoms with van der Waals surface area (Å²) in [5.41, 5.74) is -0.245. The lowest BCUT2D eigenvalue weighted by molar-refractivity contribution is 0.0697. The maximum Gasteiger partial charge on any atom is 0.342 e. The first-order valence-electron chi connectivity index (χ1n) is 9.76. The number of rotatable bonds is 5. The molecule has 164 valence electrons. The summed E-state index contributed by atoms with van der Waals surface area (Å²) in [6, 6.07) is 1.73. The predicted octanol–water partition coefficient (Wildman–Crippen LogP) is 2.17. The number of ether oxygens (including phenoxy) is 1. The van der Waals surface area contributed by atoms with Crippen LogP contribution >= 0.6 is 11.3 Å². The van der Waals surface area contributed by atoms with Crippen LogP contribution in [0, 0.1) is 5.82 Å². The molecule has 2 aromatic heterocycles. The number of carboxylic acids is 1. The van der Waals surface area contributed by atoms with Gasteiger partial charge in [0.15, 0.2) is 5.82 Å². The third-order valence-electron chi connectivity index (χ3n) is 5.75. The smallest absolute Gasteiger partial charge is 0.342 e. The van der Waals surface area contributed by atoms with E-state index in [1.54, 1.807) is 29.2 Å². The molecule has 0 spiro atoms. The quantitative estimate of drug-likeness (QED) is 0.605. The molecule has 1 aliphatic rings. The molecule has 3 heterocycles. The molecular formula is C21H23FN4O4S. The number of anilines is 1. The topological polar surface area (TPSA) is 86.8 Å². The zero-order valence-corrected chi connectivity index (χ0v) is 18.3. The van der Waals surface area contributed by atoms with E-state index in [4.69, 9.17) is 4.74 Å². The number of hydrogen-bond acceptors (Lipinski definition) is 7. The van der Waals surface area contributed by atoms with Crippen LogP contribution in [0.4, 0.5) is 10.1 Å². The number of aromatic carboxylic acids is 1. The van der Waals surface area contributed by atoms with Gasteiger partial charge >= 0.3 is 5.97 Å². The van der Waals surface area contributed by atoms with E-state index >= 15 is 4.39 Å². The molecule has 4 rings (SSSR count). The van der Waals surface area contributed by atoms with Gasteiger partial charge in [0, 0.05) is 57.1 Å². The monoisotopic (exact) mass is 446 g/mol. The minimum Gasteiger partial charge on any atom is -0.477 e. The Hall–Kier alpha value is -2.82. The van der Waals surface area contributed by atoms with Gasteiger partial charge in [-0.15, -0.1) is 11.3 Å². The molecule has 1 aromatic carbocycles. The third-order valence-corrected chi connectivity index (χ3v) is 6.63. The van der Waals surface area contributed by atoms with Crippen LogP contribution in [-0.4, -0.2) is 80.1 Å². The highest BCUT2D eigenvalue weighted by Gasteiger charge is 2.29. The van der Waals surface area contributed by atoms with E-state index in [0.29, 0.717) is 35.7 Å². The van der Waals surface area contributed by atoms with Crippen molar-refractivity contribution in [1.29, 1.82) is 0 Å². The predicted molar refractivity (Wildman–Crippen MR) is 120 cm³/mol. The Bertz CT molecular complexity index is 1250. The first-order chi connectivity index (χ1) is 14.9. The molecule has 1 saturated heterocycles. The first kappa shape index (κ1) is 21.4. The molecule has 10 heteroatoms. The highest BCUT2D eigenvalue weighted by Crippen LogP contribution is 2.32. The van der Waals surface area contributed by atoms with Gasteiger partial charge in [0.05, 0.1) is 29.2 Å². The van der Waals surface area contributed by atoms with Crippen molar-refractivity contribution in [3.05, 3.63) is 44.8 Å². The van der Waals surface area contributed by atoms with Crippen molar-refractivity contribution >= 4 is 44.9 Å². The fourth-order valence-corrected chi connectivity index (χ4v) is 5.04. The van der Waals surface area contributed by atoms with E-state index in [2.05, 4.69) is 9.89 Å². The summed E-state index contributed by atoms with van der Waals surface area (Å²) in [6.07, 6.45) is 2.98. The lowest BCUT2D eigenvalue weighted by Gasteiger charge is -2.40. The van der Waals surface area contributed by atoms with Gasteiger partial charge < -0.3 is 19.1 Å². The van der Waals surface area contributed by atoms with E-state index in [0.717, 1.165) is 17.9 Å². The van der Waals surface area contributed by atoms with Crippen molar-refractivity contribution in [2.45, 2.75) is 6.04 Å². The molecule has 0 radical (unpaired) electrons. The molecule has 0 amide bonds. The Balaban J connectivity index is 2.01. The second-order valence-electron chi connectivity index (χ2n) is 7.53. The maximum absolute atomic E-state index is 15.8. The van der Waals surface area contributed by atoms with Gasteiger partial charge in [-0.25, -0.2) is 9.18 Å². The molecule has 1 atom stereocenters. The molecular weight excluding hydrogens is 423 g/mol. The van der Waals surface area contributed by atoms with Crippen molar-refractivity contribution in [3.63, 3.8) is 0 Å². The Morgan fingerprint density at radius 1 is 1.45 bits per heavy atom. The lowest BCUT2D eigenvalue weighted by atomic mass is 10.0. The standard InChI is InChI=1S/C21H23FN4O4S/c1-23-9-13-16-14(26-6-7-31-20(26)17(19(16)27)21(28)29)8-15(18(13)22)25-5-4-24(2)12(10-25)11-30-3/h6-9,12H,4-5,10-11H2,1-3H3,(H,28,29). The van der Waals surface area contributed by atoms with Crippen LogP contribution in [0.1, 0.15) is 15.9 Å². The molecule has 3 aromatic rings. The summed E-state index contributed by atoms with van der Waals surface area (Å²) >= 11 is 1.16. The van der Waals surface area contributed by atoms with Crippen LogP contribution in [0.3, 0.4) is 0 Å². The van der Waals surface area contributed by atoms with Crippen molar-refractivity contribution < 1.29 is 19.0 Å². The number of piperazine rings is 1. The summed E-state index contributed by atoms with van der Waals surface area (Å²) in [6.45, 7) is 2.41. The highest BCUT2D eigenvalue weighted by molar-refractivity contribution is 7.16. The molecule has 1 unspecified atom stereocenters. The Morgan fingerprint density at radius 2 is 2.23 bits per heavy atom. The number of likely N-dealkylation sites (N-methyl/N-ethyl adjacent to an activating group) is 1. The summed E-state index contributed by atoms with van der Waals surface area (Å²) in [7, 11) is 5.13. The molecule has 31 heavy (non-hydrogen) atoms. The van der Waals surface area contributed by atoms with E-state index in [1.807, 2.05) is 11.9 Å². The van der Waals surface area contributed by atoms with Crippen LogP contribution in [0.2, 0.25) is 0 Å². The third kappa shape index (κ3) is 3.50. The number of fused-ring (bicyclic) bond motifs is 3. The molecule has 0 saturated carbocycles. The lowest BCUT2D eigenvalue weighted by Crippen LogP contribution is -2.53. The molecule has 1 N–H and O–H groups in total. The largest absolute Gasteiger partial charge is 0.477 e. The number of pyridine rings is 1. The van der Waals surface area contributed by atoms with Gasteiger partial charge in [-0.1, -0.05) is 0 Å². The Morgan fingerprint density at radius 3 is 2.90 bits per heavy atom. The summed E-state index contributed by atoms with van der Waals surface area (Å²) in [5.74, 6) is -1.92. The fraction of sp³-hybridized carbons (Fsp3) is 0.381. The van der Waals surface area contributed by atoms with Crippen molar-refractivity contribution in [1.82, 2.24) is 9.30 Å². The van der Waals surface area contributed by atoms with Crippen LogP contribution in [-0.2, 0) is 4.74 Å². The second kappa shape index (κ2) is 8.37. The zero-order valence-electron chi connectivity index (χ0n) is 17.5. The van der Waals surface area contributed by atoms with Crippen molar-refractivity contribution in [2.24, 2.45) is 4.99 Å². The van der Waals surface area contributed by atoms with Crippen molar-refractivity contribution in [2.75, 3.05) is 52.3 Å². The van der Waals surface area contributed by atoms with Gasteiger partial charge in [0.1, 0.15) is 10.4 Å². The van der Waals surface area contributed by atoms with Crippen LogP contribution < -0.4 is 10.3 Å². The molecule has 0 bridgehead atoms. The number of aliphatic imine (C=N–C) groups is 1. The number of hydrogen-bond donors (Lipinski definition) is 1. The Kier molecular flexibility index (Phi) is 5.78. The van der Waals surface area contributed by atoms with E-state index in [1.165, 1.54) is 13.3 Å². The second-order valence-corrected chi connectivity index (χ2v) is 8.42. The number of halogens is 1. The average Bonchev–Trinajstić information content (AvgIpc) is 3.21. The first-order valence-corrected chi connectivity index (χ1v) is 10.6. The van der Waals surface area contributed by atoms with Gasteiger partial charge in [-0.3, -0.25) is 14.7 Å². The van der Waals surface area contributed by atoms with E-state index in [9.17, 15) is 14.7 Å². The summed E-state index contributed by atoms with van der Waals surface area (Å²) in [4.78, 5) is 33.3. The van der Waals surface area contributed by atoms with Crippen LogP contribution in [0.15, 0.2) is 27.4 Å². The van der Waals surface area contributed by atoms with Crippen LogP contribution in [0.5, 0.6) is 0 Å². The number of aromatic nitrogens is 1. The molecule has 8 nitrogen and oxygen atoms in total. The van der Waals surface area contributed by atoms with Gasteiger partial charge in [0.25, 0.3) is 0 Å². The number of carboxylic acid groups (broad SMARTS) is 1. The highest BCUT2D eigenvalue weighted by atomic mass is 32.1. The molecule has 1 fully saturated rings. The van der Waals surface area contributed by atoms with Gasteiger partial charge in [0.2, 0.25) is 5.43 Å². The SMILES string of the molecule is CN=Cc1c(F)c(N2CCN(C)C(COC)C2)cc2c1c(=O)c(C(=O)O)c1sccn12. The number of carbonyl (C=O) groups is 1. The minimum atomic E-state index is -1.34. The minimum absolute atomic E-state index is 0.00493. The van der Waals surface area contributed by atoms with E-state index < -0.39 is 17.2 Å².